The van der Waals surface area contributed by atoms with Gasteiger partial charge in [-0.3, -0.25) is 9.36 Å². The van der Waals surface area contributed by atoms with E-state index in [2.05, 4.69) is 4.98 Å². The molecule has 4 atom stereocenters. The Morgan fingerprint density at radius 1 is 1.29 bits per heavy atom. The smallest absolute Gasteiger partial charge is 0.338 e. The number of nitrogens with zero attached hydrogens (tertiary/aromatic N) is 2. The van der Waals surface area contributed by atoms with Gasteiger partial charge in [0.25, 0.3) is 5.56 Å². The number of fused-ring (bicyclic) bond motifs is 3. The zero-order chi connectivity index (χ0) is 16.7. The third-order valence-electron chi connectivity index (χ3n) is 4.02. The molecule has 3 heterocycles. The van der Waals surface area contributed by atoms with Gasteiger partial charge in [0.1, 0.15) is 18.8 Å². The fourth-order valence-electron chi connectivity index (χ4n) is 2.82. The van der Waals surface area contributed by atoms with Crippen LogP contribution in [0.3, 0.4) is 0 Å². The molecule has 124 valence electrons. The average molecular weight is 330 g/mol. The lowest BCUT2D eigenvalue weighted by atomic mass is 10.1. The molecule has 0 saturated carbocycles. The first-order valence-corrected chi connectivity index (χ1v) is 7.45. The molecule has 2 aromatic rings. The molecule has 2 aliphatic rings. The second-order valence-electron chi connectivity index (χ2n) is 5.56. The van der Waals surface area contributed by atoms with E-state index in [1.807, 2.05) is 0 Å². The van der Waals surface area contributed by atoms with E-state index < -0.39 is 36.1 Å². The number of aliphatic hydroxyl groups excluding tert-OH is 1. The molecule has 0 bridgehead atoms. The molecule has 2 aliphatic heterocycles. The van der Waals surface area contributed by atoms with Gasteiger partial charge in [0.05, 0.1) is 5.56 Å². The van der Waals surface area contributed by atoms with Gasteiger partial charge in [-0.25, -0.2) is 4.79 Å². The number of esters is 1. The molecule has 1 aromatic heterocycles. The van der Waals surface area contributed by atoms with E-state index in [4.69, 9.17) is 14.2 Å². The maximum atomic E-state index is 11.9. The molecule has 24 heavy (non-hydrogen) atoms. The van der Waals surface area contributed by atoms with Crippen LogP contribution in [-0.2, 0) is 9.47 Å². The van der Waals surface area contributed by atoms with E-state index in [0.29, 0.717) is 5.56 Å². The maximum Gasteiger partial charge on any atom is 0.338 e. The van der Waals surface area contributed by atoms with Crippen molar-refractivity contribution in [3.63, 3.8) is 0 Å². The second-order valence-corrected chi connectivity index (χ2v) is 5.56. The normalized spacial score (nSPS) is 27.2. The van der Waals surface area contributed by atoms with Crippen LogP contribution in [0.4, 0.5) is 0 Å². The van der Waals surface area contributed by atoms with Crippen molar-refractivity contribution in [2.24, 2.45) is 0 Å². The lowest BCUT2D eigenvalue weighted by Crippen LogP contribution is -2.36. The molecule has 0 amide bonds. The summed E-state index contributed by atoms with van der Waals surface area (Å²) >= 11 is 0. The molecule has 0 unspecified atom stereocenters. The number of carbonyl (C=O) groups excluding carboxylic acids is 1. The van der Waals surface area contributed by atoms with Crippen molar-refractivity contribution in [3.8, 4) is 6.01 Å². The molecular weight excluding hydrogens is 316 g/mol. The van der Waals surface area contributed by atoms with Crippen LogP contribution in [0.25, 0.3) is 0 Å². The Bertz CT molecular complexity index is 821. The summed E-state index contributed by atoms with van der Waals surface area (Å²) in [6.07, 6.45) is -1.53. The average Bonchev–Trinajstić information content (AvgIpc) is 3.09. The van der Waals surface area contributed by atoms with Crippen molar-refractivity contribution in [1.29, 1.82) is 0 Å². The molecule has 0 aliphatic carbocycles. The van der Waals surface area contributed by atoms with Crippen LogP contribution in [0.5, 0.6) is 6.01 Å². The summed E-state index contributed by atoms with van der Waals surface area (Å²) in [5.41, 5.74) is -0.00242. The minimum atomic E-state index is -1.00. The van der Waals surface area contributed by atoms with E-state index >= 15 is 0 Å². The molecule has 1 N–H and O–H groups in total. The number of aliphatic hydroxyl groups is 1. The van der Waals surface area contributed by atoms with Gasteiger partial charge in [-0.15, -0.1) is 0 Å². The maximum absolute atomic E-state index is 11.9. The Morgan fingerprint density at radius 3 is 2.88 bits per heavy atom. The standard InChI is InChI=1S/C16H14N2O6/c19-11-6-7-18-14-13(24-16(18)17-11)12(20)10(23-14)8-22-15(21)9-4-2-1-3-5-9/h1-7,10,12-14,20H,8H2/t10-,12-,13+,14+/m0/s1. The highest BCUT2D eigenvalue weighted by molar-refractivity contribution is 5.89. The Morgan fingerprint density at radius 2 is 2.08 bits per heavy atom. The van der Waals surface area contributed by atoms with Crippen molar-refractivity contribution in [2.75, 3.05) is 6.61 Å². The fraction of sp³-hybridized carbons (Fsp3) is 0.312. The number of rotatable bonds is 3. The summed E-state index contributed by atoms with van der Waals surface area (Å²) in [4.78, 5) is 26.9. The van der Waals surface area contributed by atoms with Gasteiger partial charge in [0, 0.05) is 12.3 Å². The van der Waals surface area contributed by atoms with Gasteiger partial charge in [-0.05, 0) is 12.1 Å². The highest BCUT2D eigenvalue weighted by Gasteiger charge is 2.51. The SMILES string of the molecule is O=C(OC[C@@H]1O[C@@H]2[C@H](Oc3nc(=O)ccn32)[C@H]1O)c1ccccc1. The zero-order valence-corrected chi connectivity index (χ0v) is 12.4. The van der Waals surface area contributed by atoms with Crippen molar-refractivity contribution >= 4 is 5.97 Å². The minimum Gasteiger partial charge on any atom is -0.459 e. The van der Waals surface area contributed by atoms with Crippen LogP contribution < -0.4 is 10.3 Å². The first-order chi connectivity index (χ1) is 11.6. The highest BCUT2D eigenvalue weighted by atomic mass is 16.6. The fourth-order valence-corrected chi connectivity index (χ4v) is 2.82. The Labute approximate surface area is 136 Å². The molecule has 4 rings (SSSR count). The van der Waals surface area contributed by atoms with Gasteiger partial charge >= 0.3 is 12.0 Å². The van der Waals surface area contributed by atoms with E-state index in [1.165, 1.54) is 16.8 Å². The lowest BCUT2D eigenvalue weighted by molar-refractivity contribution is -0.0512. The third-order valence-corrected chi connectivity index (χ3v) is 4.02. The van der Waals surface area contributed by atoms with Crippen molar-refractivity contribution in [2.45, 2.75) is 24.5 Å². The Hall–Kier alpha value is -2.71. The number of aromatic nitrogens is 2. The molecule has 1 aromatic carbocycles. The van der Waals surface area contributed by atoms with Crippen molar-refractivity contribution in [3.05, 3.63) is 58.5 Å². The summed E-state index contributed by atoms with van der Waals surface area (Å²) in [6.45, 7) is -0.103. The molecule has 1 fully saturated rings. The predicted molar refractivity (Wildman–Crippen MR) is 79.6 cm³/mol. The molecule has 1 saturated heterocycles. The Kier molecular flexibility index (Phi) is 3.55. The molecular formula is C16H14N2O6. The summed E-state index contributed by atoms with van der Waals surface area (Å²) < 4.78 is 17.9. The quantitative estimate of drug-likeness (QED) is 0.798. The monoisotopic (exact) mass is 330 g/mol. The van der Waals surface area contributed by atoms with Crippen LogP contribution >= 0.6 is 0 Å². The van der Waals surface area contributed by atoms with Gasteiger partial charge in [0.2, 0.25) is 0 Å². The third kappa shape index (κ3) is 2.45. The summed E-state index contributed by atoms with van der Waals surface area (Å²) in [5, 5.41) is 10.3. The highest BCUT2D eigenvalue weighted by Crippen LogP contribution is 2.38. The number of benzene rings is 1. The van der Waals surface area contributed by atoms with Crippen molar-refractivity contribution < 1.29 is 24.1 Å². The van der Waals surface area contributed by atoms with Gasteiger partial charge in [-0.2, -0.15) is 4.98 Å². The van der Waals surface area contributed by atoms with Gasteiger partial charge in [0.15, 0.2) is 12.3 Å². The zero-order valence-electron chi connectivity index (χ0n) is 12.4. The largest absolute Gasteiger partial charge is 0.459 e. The van der Waals surface area contributed by atoms with Gasteiger partial charge < -0.3 is 19.3 Å². The van der Waals surface area contributed by atoms with E-state index in [-0.39, 0.29) is 12.6 Å². The first-order valence-electron chi connectivity index (χ1n) is 7.45. The summed E-state index contributed by atoms with van der Waals surface area (Å²) in [7, 11) is 0. The van der Waals surface area contributed by atoms with Crippen LogP contribution in [0.2, 0.25) is 0 Å². The van der Waals surface area contributed by atoms with E-state index in [0.717, 1.165) is 0 Å². The summed E-state index contributed by atoms with van der Waals surface area (Å²) in [6, 6.07) is 9.95. The number of ether oxygens (including phenoxy) is 3. The molecule has 8 nitrogen and oxygen atoms in total. The van der Waals surface area contributed by atoms with Crippen molar-refractivity contribution in [1.82, 2.24) is 9.55 Å². The topological polar surface area (TPSA) is 99.9 Å². The number of hydrogen-bond donors (Lipinski definition) is 1. The first kappa shape index (κ1) is 14.9. The van der Waals surface area contributed by atoms with E-state index in [1.54, 1.807) is 30.3 Å². The molecule has 8 heteroatoms. The summed E-state index contributed by atoms with van der Waals surface area (Å²) in [5.74, 6) is -0.491. The lowest BCUT2D eigenvalue weighted by Gasteiger charge is -2.17. The Balaban J connectivity index is 1.43. The van der Waals surface area contributed by atoms with Crippen LogP contribution in [0, 0.1) is 0 Å². The van der Waals surface area contributed by atoms with Crippen LogP contribution in [0.15, 0.2) is 47.4 Å². The minimum absolute atomic E-state index is 0.103. The van der Waals surface area contributed by atoms with E-state index in [9.17, 15) is 14.7 Å². The predicted octanol–water partition coefficient (Wildman–Crippen LogP) is 0.120. The van der Waals surface area contributed by atoms with Gasteiger partial charge in [-0.1, -0.05) is 18.2 Å². The van der Waals surface area contributed by atoms with Crippen LogP contribution in [-0.4, -0.2) is 45.5 Å². The second kappa shape index (κ2) is 5.73. The number of hydrogen-bond acceptors (Lipinski definition) is 7. The molecule has 0 spiro atoms. The molecule has 0 radical (unpaired) electrons. The van der Waals surface area contributed by atoms with Crippen LogP contribution in [0.1, 0.15) is 16.6 Å². The number of carbonyl (C=O) groups is 1.